The van der Waals surface area contributed by atoms with Gasteiger partial charge in [0.2, 0.25) is 10.0 Å². The smallest absolute Gasteiger partial charge is 0.329 e. The number of hydrogen-bond acceptors (Lipinski definition) is 5. The number of amides is 1. The molecule has 1 unspecified atom stereocenters. The van der Waals surface area contributed by atoms with Crippen LogP contribution in [-0.2, 0) is 26.2 Å². The Bertz CT molecular complexity index is 1100. The van der Waals surface area contributed by atoms with Crippen molar-refractivity contribution in [3.63, 3.8) is 0 Å². The highest BCUT2D eigenvalue weighted by molar-refractivity contribution is 7.89. The number of ether oxygens (including phenoxy) is 1. The molecular weight excluding hydrogens is 471 g/mol. The first-order valence-electron chi connectivity index (χ1n) is 10.5. The minimum absolute atomic E-state index is 0.00604. The summed E-state index contributed by atoms with van der Waals surface area (Å²) >= 11 is 5.96. The molecule has 0 fully saturated rings. The van der Waals surface area contributed by atoms with Crippen molar-refractivity contribution in [1.82, 2.24) is 9.62 Å². The number of carbonyl (C=O) groups is 2. The molecule has 0 aliphatic rings. The van der Waals surface area contributed by atoms with E-state index < -0.39 is 33.8 Å². The Balaban J connectivity index is 2.16. The number of rotatable bonds is 10. The topological polar surface area (TPSA) is 92.8 Å². The Hall–Kier alpha value is -2.49. The van der Waals surface area contributed by atoms with E-state index in [2.05, 4.69) is 5.32 Å². The predicted molar refractivity (Wildman–Crippen MR) is 124 cm³/mol. The predicted octanol–water partition coefficient (Wildman–Crippen LogP) is 4.01. The van der Waals surface area contributed by atoms with Crippen LogP contribution in [0.15, 0.2) is 47.4 Å². The molecule has 10 heteroatoms. The third-order valence-electron chi connectivity index (χ3n) is 5.03. The Morgan fingerprint density at radius 3 is 2.36 bits per heavy atom. The van der Waals surface area contributed by atoms with Gasteiger partial charge in [-0.05, 0) is 36.2 Å². The molecular formula is C23H28ClFN2O5S. The zero-order valence-corrected chi connectivity index (χ0v) is 20.5. The molecule has 0 saturated carbocycles. The van der Waals surface area contributed by atoms with Crippen LogP contribution in [0.5, 0.6) is 0 Å². The second-order valence-electron chi connectivity index (χ2n) is 7.66. The average Bonchev–Trinajstić information content (AvgIpc) is 2.77. The van der Waals surface area contributed by atoms with Gasteiger partial charge in [0, 0.05) is 24.2 Å². The van der Waals surface area contributed by atoms with Gasteiger partial charge in [-0.25, -0.2) is 17.6 Å². The summed E-state index contributed by atoms with van der Waals surface area (Å²) in [4.78, 5) is 25.5. The lowest BCUT2D eigenvalue weighted by Gasteiger charge is -2.22. The fourth-order valence-electron chi connectivity index (χ4n) is 3.11. The van der Waals surface area contributed by atoms with Crippen LogP contribution in [0.1, 0.15) is 43.6 Å². The van der Waals surface area contributed by atoms with E-state index in [0.29, 0.717) is 18.7 Å². The minimum atomic E-state index is -3.74. The van der Waals surface area contributed by atoms with Gasteiger partial charge in [0.25, 0.3) is 5.91 Å². The summed E-state index contributed by atoms with van der Waals surface area (Å²) in [6, 6.07) is 8.40. The van der Waals surface area contributed by atoms with E-state index >= 15 is 0 Å². The van der Waals surface area contributed by atoms with Gasteiger partial charge in [-0.15, -0.1) is 0 Å². The lowest BCUT2D eigenvalue weighted by Crippen LogP contribution is -2.45. The van der Waals surface area contributed by atoms with Crippen molar-refractivity contribution in [3.8, 4) is 0 Å². The second kappa shape index (κ2) is 11.6. The first-order valence-corrected chi connectivity index (χ1v) is 12.3. The maximum Gasteiger partial charge on any atom is 0.329 e. The van der Waals surface area contributed by atoms with Crippen molar-refractivity contribution in [2.45, 2.75) is 45.2 Å². The normalized spacial score (nSPS) is 12.6. The van der Waals surface area contributed by atoms with E-state index in [0.717, 1.165) is 6.07 Å². The van der Waals surface area contributed by atoms with Gasteiger partial charge in [0.1, 0.15) is 18.5 Å². The molecule has 0 saturated heterocycles. The zero-order chi connectivity index (χ0) is 24.8. The molecule has 0 aromatic heterocycles. The fraction of sp³-hybridized carbons (Fsp3) is 0.391. The summed E-state index contributed by atoms with van der Waals surface area (Å²) in [5.74, 6) is -2.12. The monoisotopic (exact) mass is 498 g/mol. The number of sulfonamides is 1. The van der Waals surface area contributed by atoms with E-state index in [4.69, 9.17) is 16.3 Å². The molecule has 7 nitrogen and oxygen atoms in total. The summed E-state index contributed by atoms with van der Waals surface area (Å²) in [6.07, 6.45) is 0. The molecule has 1 amide bonds. The van der Waals surface area contributed by atoms with E-state index in [-0.39, 0.29) is 28.0 Å². The molecule has 33 heavy (non-hydrogen) atoms. The Kier molecular flexibility index (Phi) is 9.39. The van der Waals surface area contributed by atoms with Crippen LogP contribution in [0.3, 0.4) is 0 Å². The van der Waals surface area contributed by atoms with Gasteiger partial charge in [-0.1, -0.05) is 51.4 Å². The van der Waals surface area contributed by atoms with Gasteiger partial charge < -0.3 is 10.1 Å². The largest absolute Gasteiger partial charge is 0.459 e. The van der Waals surface area contributed by atoms with E-state index in [1.165, 1.54) is 40.7 Å². The summed E-state index contributed by atoms with van der Waals surface area (Å²) in [6.45, 7) is 7.35. The van der Waals surface area contributed by atoms with Crippen LogP contribution in [-0.4, -0.2) is 43.7 Å². The average molecular weight is 499 g/mol. The standard InChI is InChI=1S/C23H28ClFN2O5S/c1-5-27(6-2)33(30,31)19-9-7-8-16(12-19)22(28)26-21(15(3)4)23(29)32-14-17-10-11-18(25)13-20(17)24/h7-13,15,21H,5-6,14H2,1-4H3,(H,26,28). The van der Waals surface area contributed by atoms with Crippen molar-refractivity contribution in [3.05, 3.63) is 64.4 Å². The van der Waals surface area contributed by atoms with Gasteiger partial charge in [-0.2, -0.15) is 4.31 Å². The Labute approximate surface area is 198 Å². The summed E-state index contributed by atoms with van der Waals surface area (Å²) in [5.41, 5.74) is 0.526. The number of halogens is 2. The van der Waals surface area contributed by atoms with Gasteiger partial charge >= 0.3 is 5.97 Å². The van der Waals surface area contributed by atoms with Crippen molar-refractivity contribution in [1.29, 1.82) is 0 Å². The first kappa shape index (κ1) is 26.8. The van der Waals surface area contributed by atoms with Crippen molar-refractivity contribution in [2.75, 3.05) is 13.1 Å². The maximum atomic E-state index is 13.2. The molecule has 1 atom stereocenters. The van der Waals surface area contributed by atoms with Crippen LogP contribution >= 0.6 is 11.6 Å². The number of nitrogens with zero attached hydrogens (tertiary/aromatic N) is 1. The van der Waals surface area contributed by atoms with Crippen LogP contribution in [0.4, 0.5) is 4.39 Å². The lowest BCUT2D eigenvalue weighted by atomic mass is 10.0. The number of nitrogens with one attached hydrogen (secondary N) is 1. The lowest BCUT2D eigenvalue weighted by molar-refractivity contribution is -0.148. The molecule has 180 valence electrons. The fourth-order valence-corrected chi connectivity index (χ4v) is 4.84. The first-order chi connectivity index (χ1) is 15.5. The SMILES string of the molecule is CCN(CC)S(=O)(=O)c1cccc(C(=O)NC(C(=O)OCc2ccc(F)cc2Cl)C(C)C)c1. The molecule has 1 N–H and O–H groups in total. The van der Waals surface area contributed by atoms with Crippen LogP contribution in [0, 0.1) is 11.7 Å². The third-order valence-corrected chi connectivity index (χ3v) is 7.43. The van der Waals surface area contributed by atoms with Gasteiger partial charge in [-0.3, -0.25) is 4.79 Å². The van der Waals surface area contributed by atoms with Gasteiger partial charge in [0.05, 0.1) is 9.92 Å². The number of carbonyl (C=O) groups excluding carboxylic acids is 2. The van der Waals surface area contributed by atoms with Crippen molar-refractivity contribution < 1.29 is 27.1 Å². The Morgan fingerprint density at radius 2 is 1.79 bits per heavy atom. The summed E-state index contributed by atoms with van der Waals surface area (Å²) in [7, 11) is -3.74. The molecule has 0 aliphatic heterocycles. The third kappa shape index (κ3) is 6.75. The minimum Gasteiger partial charge on any atom is -0.459 e. The second-order valence-corrected chi connectivity index (χ2v) is 10.0. The van der Waals surface area contributed by atoms with Gasteiger partial charge in [0.15, 0.2) is 0 Å². The maximum absolute atomic E-state index is 13.2. The molecule has 0 bridgehead atoms. The van der Waals surface area contributed by atoms with Crippen LogP contribution in [0.2, 0.25) is 5.02 Å². The van der Waals surface area contributed by atoms with Crippen molar-refractivity contribution >= 4 is 33.5 Å². The molecule has 2 rings (SSSR count). The highest BCUT2D eigenvalue weighted by atomic mass is 35.5. The number of benzene rings is 2. The van der Waals surface area contributed by atoms with E-state index in [9.17, 15) is 22.4 Å². The molecule has 2 aromatic carbocycles. The quantitative estimate of drug-likeness (QED) is 0.500. The zero-order valence-electron chi connectivity index (χ0n) is 19.0. The highest BCUT2D eigenvalue weighted by Gasteiger charge is 2.28. The number of esters is 1. The summed E-state index contributed by atoms with van der Waals surface area (Å²) in [5, 5.41) is 2.74. The molecule has 0 aliphatic carbocycles. The molecule has 0 radical (unpaired) electrons. The molecule has 0 heterocycles. The molecule has 0 spiro atoms. The van der Waals surface area contributed by atoms with E-state index in [1.54, 1.807) is 27.7 Å². The summed E-state index contributed by atoms with van der Waals surface area (Å²) < 4.78 is 45.3. The Morgan fingerprint density at radius 1 is 1.12 bits per heavy atom. The van der Waals surface area contributed by atoms with Crippen LogP contribution in [0.25, 0.3) is 0 Å². The van der Waals surface area contributed by atoms with Crippen molar-refractivity contribution in [2.24, 2.45) is 5.92 Å². The molecule has 2 aromatic rings. The van der Waals surface area contributed by atoms with Crippen LogP contribution < -0.4 is 5.32 Å². The highest BCUT2D eigenvalue weighted by Crippen LogP contribution is 2.20. The number of hydrogen-bond donors (Lipinski definition) is 1. The van der Waals surface area contributed by atoms with E-state index in [1.807, 2.05) is 0 Å².